The van der Waals surface area contributed by atoms with Crippen molar-refractivity contribution in [1.29, 1.82) is 5.26 Å². The Hall–Kier alpha value is -2.37. The highest BCUT2D eigenvalue weighted by Gasteiger charge is 2.21. The summed E-state index contributed by atoms with van der Waals surface area (Å²) < 4.78 is 24.6. The molecule has 0 aliphatic rings. The number of pyridine rings is 1. The van der Waals surface area contributed by atoms with E-state index in [-0.39, 0.29) is 33.1 Å². The number of hydrogen-bond donors (Lipinski definition) is 1. The lowest BCUT2D eigenvalue weighted by Crippen LogP contribution is -2.18. The predicted molar refractivity (Wildman–Crippen MR) is 91.3 cm³/mol. The fourth-order valence-electron chi connectivity index (χ4n) is 1.96. The van der Waals surface area contributed by atoms with Gasteiger partial charge in [0.25, 0.3) is 5.56 Å². The second-order valence-corrected chi connectivity index (χ2v) is 5.99. The molecule has 0 radical (unpaired) electrons. The molecule has 130 valence electrons. The zero-order valence-electron chi connectivity index (χ0n) is 12.9. The van der Waals surface area contributed by atoms with Gasteiger partial charge in [-0.1, -0.05) is 11.6 Å². The summed E-state index contributed by atoms with van der Waals surface area (Å²) in [5.74, 6) is -1.98. The van der Waals surface area contributed by atoms with Crippen LogP contribution < -0.4 is 10.3 Å². The van der Waals surface area contributed by atoms with Gasteiger partial charge in [0.1, 0.15) is 10.2 Å². The minimum Gasteiger partial charge on any atom is -0.466 e. The second-order valence-electron chi connectivity index (χ2n) is 4.76. The van der Waals surface area contributed by atoms with Gasteiger partial charge in [0, 0.05) is 5.02 Å². The van der Waals surface area contributed by atoms with Crippen LogP contribution in [0.25, 0.3) is 0 Å². The molecule has 0 aliphatic heterocycles. The van der Waals surface area contributed by atoms with E-state index < -0.39 is 29.5 Å². The Morgan fingerprint density at radius 1 is 1.44 bits per heavy atom. The number of carbonyl (C=O) groups is 1. The number of aromatic amines is 1. The number of nitrogens with one attached hydrogen (secondary N) is 1. The van der Waals surface area contributed by atoms with Crippen LogP contribution in [0, 0.1) is 17.1 Å². The maximum atomic E-state index is 14.7. The summed E-state index contributed by atoms with van der Waals surface area (Å²) in [6.07, 6.45) is -0.461. The minimum absolute atomic E-state index is 0.0661. The molecule has 6 nitrogen and oxygen atoms in total. The zero-order chi connectivity index (χ0) is 18.6. The zero-order valence-corrected chi connectivity index (χ0v) is 15.2. The van der Waals surface area contributed by atoms with Gasteiger partial charge < -0.3 is 14.5 Å². The molecule has 2 rings (SSSR count). The number of halogens is 3. The van der Waals surface area contributed by atoms with E-state index in [4.69, 9.17) is 26.3 Å². The molecule has 0 bridgehead atoms. The SMILES string of the molecule is CCOC(=O)Cc1[nH]c(=O)c(Br)c(Oc2cc(Cl)cc(C#N)c2)c1F. The number of H-pyrrole nitrogens is 1. The summed E-state index contributed by atoms with van der Waals surface area (Å²) >= 11 is 8.83. The number of nitriles is 1. The van der Waals surface area contributed by atoms with Crippen LogP contribution in [0.3, 0.4) is 0 Å². The monoisotopic (exact) mass is 428 g/mol. The Bertz CT molecular complexity index is 924. The van der Waals surface area contributed by atoms with Crippen LogP contribution in [0.5, 0.6) is 11.5 Å². The van der Waals surface area contributed by atoms with E-state index in [1.165, 1.54) is 18.2 Å². The van der Waals surface area contributed by atoms with Crippen LogP contribution >= 0.6 is 27.5 Å². The Morgan fingerprint density at radius 2 is 2.16 bits per heavy atom. The standard InChI is InChI=1S/C16H11BrClFN2O4/c1-2-24-12(22)6-11-14(19)15(13(17)16(23)21-11)25-10-4-8(7-20)3-9(18)5-10/h3-5H,2,6H2,1H3,(H,21,23). The van der Waals surface area contributed by atoms with Crippen LogP contribution in [-0.4, -0.2) is 17.6 Å². The van der Waals surface area contributed by atoms with Crippen molar-refractivity contribution < 1.29 is 18.7 Å². The average molecular weight is 430 g/mol. The molecule has 9 heteroatoms. The number of ether oxygens (including phenoxy) is 2. The highest BCUT2D eigenvalue weighted by molar-refractivity contribution is 9.10. The number of benzene rings is 1. The normalized spacial score (nSPS) is 10.2. The first-order valence-electron chi connectivity index (χ1n) is 7.00. The van der Waals surface area contributed by atoms with E-state index in [0.717, 1.165) is 0 Å². The number of nitrogens with zero attached hydrogens (tertiary/aromatic N) is 1. The number of esters is 1. The topological polar surface area (TPSA) is 92.2 Å². The van der Waals surface area contributed by atoms with E-state index in [1.54, 1.807) is 6.92 Å². The summed E-state index contributed by atoms with van der Waals surface area (Å²) in [4.78, 5) is 25.8. The summed E-state index contributed by atoms with van der Waals surface area (Å²) in [5.41, 5.74) is -0.752. The summed E-state index contributed by atoms with van der Waals surface area (Å²) in [6.45, 7) is 1.74. The third-order valence-corrected chi connectivity index (χ3v) is 3.91. The van der Waals surface area contributed by atoms with Crippen LogP contribution in [0.15, 0.2) is 27.5 Å². The van der Waals surface area contributed by atoms with Gasteiger partial charge in [-0.15, -0.1) is 0 Å². The molecule has 0 saturated carbocycles. The molecular weight excluding hydrogens is 419 g/mol. The van der Waals surface area contributed by atoms with Crippen LogP contribution in [-0.2, 0) is 16.0 Å². The van der Waals surface area contributed by atoms with Crippen molar-refractivity contribution in [2.45, 2.75) is 13.3 Å². The third kappa shape index (κ3) is 4.59. The largest absolute Gasteiger partial charge is 0.466 e. The van der Waals surface area contributed by atoms with Crippen LogP contribution in [0.2, 0.25) is 5.02 Å². The predicted octanol–water partition coefficient (Wildman–Crippen LogP) is 3.70. The first-order chi connectivity index (χ1) is 11.8. The molecular formula is C16H11BrClFN2O4. The van der Waals surface area contributed by atoms with Gasteiger partial charge >= 0.3 is 5.97 Å². The minimum atomic E-state index is -0.932. The van der Waals surface area contributed by atoms with Crippen molar-refractivity contribution in [3.8, 4) is 17.6 Å². The number of rotatable bonds is 5. The maximum Gasteiger partial charge on any atom is 0.311 e. The first kappa shape index (κ1) is 19.0. The lowest BCUT2D eigenvalue weighted by atomic mass is 10.2. The van der Waals surface area contributed by atoms with E-state index >= 15 is 0 Å². The molecule has 25 heavy (non-hydrogen) atoms. The number of carbonyl (C=O) groups excluding carboxylic acids is 1. The Kier molecular flexibility index (Phi) is 6.17. The smallest absolute Gasteiger partial charge is 0.311 e. The molecule has 1 heterocycles. The van der Waals surface area contributed by atoms with Gasteiger partial charge in [-0.3, -0.25) is 9.59 Å². The van der Waals surface area contributed by atoms with Crippen molar-refractivity contribution in [3.05, 3.63) is 55.1 Å². The number of aromatic nitrogens is 1. The van der Waals surface area contributed by atoms with Gasteiger partial charge in [0.05, 0.1) is 30.4 Å². The van der Waals surface area contributed by atoms with Gasteiger partial charge in [-0.25, -0.2) is 4.39 Å². The molecule has 0 fully saturated rings. The molecule has 1 aromatic heterocycles. The Morgan fingerprint density at radius 3 is 2.80 bits per heavy atom. The van der Waals surface area contributed by atoms with Gasteiger partial charge in [-0.05, 0) is 41.1 Å². The van der Waals surface area contributed by atoms with Gasteiger partial charge in [0.2, 0.25) is 0 Å². The van der Waals surface area contributed by atoms with Crippen molar-refractivity contribution in [1.82, 2.24) is 4.98 Å². The summed E-state index contributed by atoms with van der Waals surface area (Å²) in [6, 6.07) is 5.99. The van der Waals surface area contributed by atoms with Crippen LogP contribution in [0.4, 0.5) is 4.39 Å². The highest BCUT2D eigenvalue weighted by atomic mass is 79.9. The molecule has 0 spiro atoms. The highest BCUT2D eigenvalue weighted by Crippen LogP contribution is 2.33. The lowest BCUT2D eigenvalue weighted by Gasteiger charge is -2.12. The second kappa shape index (κ2) is 8.14. The average Bonchev–Trinajstić information content (AvgIpc) is 2.56. The fraction of sp³-hybridized carbons (Fsp3) is 0.188. The maximum absolute atomic E-state index is 14.7. The number of hydrogen-bond acceptors (Lipinski definition) is 5. The molecule has 1 N–H and O–H groups in total. The molecule has 0 amide bonds. The molecule has 1 aromatic carbocycles. The van der Waals surface area contributed by atoms with Crippen LogP contribution in [0.1, 0.15) is 18.2 Å². The summed E-state index contributed by atoms with van der Waals surface area (Å²) in [7, 11) is 0. The van der Waals surface area contributed by atoms with Crippen molar-refractivity contribution in [3.63, 3.8) is 0 Å². The lowest BCUT2D eigenvalue weighted by molar-refractivity contribution is -0.142. The first-order valence-corrected chi connectivity index (χ1v) is 8.17. The van der Waals surface area contributed by atoms with E-state index in [0.29, 0.717) is 0 Å². The summed E-state index contributed by atoms with van der Waals surface area (Å²) in [5, 5.41) is 9.16. The molecule has 0 atom stereocenters. The van der Waals surface area contributed by atoms with Gasteiger partial charge in [-0.2, -0.15) is 5.26 Å². The molecule has 0 unspecified atom stereocenters. The van der Waals surface area contributed by atoms with Crippen molar-refractivity contribution in [2.24, 2.45) is 0 Å². The van der Waals surface area contributed by atoms with E-state index in [2.05, 4.69) is 20.9 Å². The van der Waals surface area contributed by atoms with E-state index in [9.17, 15) is 14.0 Å². The molecule has 2 aromatic rings. The Balaban J connectivity index is 2.45. The Labute approximate surface area is 155 Å². The fourth-order valence-corrected chi connectivity index (χ4v) is 2.53. The van der Waals surface area contributed by atoms with Gasteiger partial charge in [0.15, 0.2) is 11.6 Å². The molecule has 0 saturated heterocycles. The molecule has 0 aliphatic carbocycles. The third-order valence-electron chi connectivity index (χ3n) is 2.97. The van der Waals surface area contributed by atoms with Crippen molar-refractivity contribution in [2.75, 3.05) is 6.61 Å². The van der Waals surface area contributed by atoms with E-state index in [1.807, 2.05) is 6.07 Å². The quantitative estimate of drug-likeness (QED) is 0.732. The van der Waals surface area contributed by atoms with Crippen molar-refractivity contribution >= 4 is 33.5 Å².